The first kappa shape index (κ1) is 14.8. The fourth-order valence-corrected chi connectivity index (χ4v) is 3.20. The van der Waals surface area contributed by atoms with Crippen molar-refractivity contribution in [3.8, 4) is 11.3 Å². The Morgan fingerprint density at radius 1 is 1.41 bits per heavy atom. The Bertz CT molecular complexity index is 754. The van der Waals surface area contributed by atoms with Gasteiger partial charge in [0.15, 0.2) is 0 Å². The molecule has 0 aliphatic heterocycles. The van der Waals surface area contributed by atoms with Crippen molar-refractivity contribution in [2.45, 2.75) is 32.1 Å². The van der Waals surface area contributed by atoms with Crippen LogP contribution in [0.15, 0.2) is 29.1 Å². The number of rotatable bonds is 4. The maximum Gasteiger partial charge on any atom is 0.256 e. The van der Waals surface area contributed by atoms with Gasteiger partial charge in [-0.3, -0.25) is 9.78 Å². The molecular weight excluding hydrogens is 278 g/mol. The second-order valence-corrected chi connectivity index (χ2v) is 6.04. The van der Waals surface area contributed by atoms with Crippen LogP contribution in [0.25, 0.3) is 11.3 Å². The molecule has 116 valence electrons. The van der Waals surface area contributed by atoms with Crippen LogP contribution in [-0.2, 0) is 11.8 Å². The van der Waals surface area contributed by atoms with Crippen molar-refractivity contribution in [1.82, 2.24) is 9.97 Å². The fourth-order valence-electron chi connectivity index (χ4n) is 3.20. The van der Waals surface area contributed by atoms with Gasteiger partial charge in [-0.2, -0.15) is 0 Å². The van der Waals surface area contributed by atoms with E-state index in [1.54, 1.807) is 0 Å². The zero-order valence-corrected chi connectivity index (χ0v) is 12.9. The number of benzene rings is 1. The lowest BCUT2D eigenvalue weighted by atomic mass is 9.69. The molecule has 1 heterocycles. The molecule has 22 heavy (non-hydrogen) atoms. The van der Waals surface area contributed by atoms with E-state index in [0.29, 0.717) is 12.5 Å². The number of H-pyrrole nitrogens is 1. The first-order valence-corrected chi connectivity index (χ1v) is 7.67. The highest BCUT2D eigenvalue weighted by molar-refractivity contribution is 5.72. The van der Waals surface area contributed by atoms with Gasteiger partial charge >= 0.3 is 0 Å². The van der Waals surface area contributed by atoms with Crippen LogP contribution in [0.2, 0.25) is 0 Å². The molecule has 0 radical (unpaired) electrons. The quantitative estimate of drug-likeness (QED) is 0.807. The van der Waals surface area contributed by atoms with E-state index in [2.05, 4.69) is 35.2 Å². The van der Waals surface area contributed by atoms with Gasteiger partial charge < -0.3 is 10.4 Å². The van der Waals surface area contributed by atoms with E-state index < -0.39 is 0 Å². The summed E-state index contributed by atoms with van der Waals surface area (Å²) in [6.45, 7) is 4.58. The van der Waals surface area contributed by atoms with Gasteiger partial charge in [0.25, 0.3) is 5.56 Å². The van der Waals surface area contributed by atoms with Crippen molar-refractivity contribution in [2.75, 3.05) is 18.5 Å². The Morgan fingerprint density at radius 3 is 2.91 bits per heavy atom. The lowest BCUT2D eigenvalue weighted by molar-refractivity contribution is 0.310. The summed E-state index contributed by atoms with van der Waals surface area (Å²) >= 11 is 0. The lowest BCUT2D eigenvalue weighted by Crippen LogP contribution is -2.36. The van der Waals surface area contributed by atoms with Gasteiger partial charge in [-0.1, -0.05) is 38.1 Å². The highest BCUT2D eigenvalue weighted by Gasteiger charge is 2.37. The van der Waals surface area contributed by atoms with Crippen LogP contribution in [0.4, 0.5) is 5.95 Å². The predicted octanol–water partition coefficient (Wildman–Crippen LogP) is 2.06. The maximum atomic E-state index is 12.6. The molecule has 5 heteroatoms. The molecule has 1 aromatic carbocycles. The van der Waals surface area contributed by atoms with Crippen molar-refractivity contribution in [1.29, 1.82) is 0 Å². The van der Waals surface area contributed by atoms with Crippen LogP contribution < -0.4 is 10.9 Å². The molecule has 0 spiro atoms. The molecule has 0 unspecified atom stereocenters. The summed E-state index contributed by atoms with van der Waals surface area (Å²) < 4.78 is 0. The third kappa shape index (κ3) is 2.31. The molecule has 3 N–H and O–H groups in total. The number of fused-ring (bicyclic) bond motifs is 3. The van der Waals surface area contributed by atoms with Crippen LogP contribution in [0.3, 0.4) is 0 Å². The van der Waals surface area contributed by atoms with Crippen molar-refractivity contribution in [3.05, 3.63) is 45.7 Å². The maximum absolute atomic E-state index is 12.6. The lowest BCUT2D eigenvalue weighted by Gasteiger charge is -2.35. The Kier molecular flexibility index (Phi) is 3.74. The number of aliphatic hydroxyl groups is 1. The summed E-state index contributed by atoms with van der Waals surface area (Å²) in [4.78, 5) is 20.1. The molecule has 3 rings (SSSR count). The van der Waals surface area contributed by atoms with E-state index in [1.807, 2.05) is 18.2 Å². The smallest absolute Gasteiger partial charge is 0.256 e. The summed E-state index contributed by atoms with van der Waals surface area (Å²) in [7, 11) is 0. The van der Waals surface area contributed by atoms with Gasteiger partial charge in [0.05, 0.1) is 12.3 Å². The van der Waals surface area contributed by atoms with Crippen LogP contribution in [0.1, 0.15) is 31.4 Å². The van der Waals surface area contributed by atoms with Gasteiger partial charge in [0.2, 0.25) is 5.95 Å². The molecule has 0 saturated carbocycles. The number of hydrogen-bond acceptors (Lipinski definition) is 4. The van der Waals surface area contributed by atoms with Crippen molar-refractivity contribution in [3.63, 3.8) is 0 Å². The average molecular weight is 299 g/mol. The summed E-state index contributed by atoms with van der Waals surface area (Å²) in [6.07, 6.45) is 1.73. The van der Waals surface area contributed by atoms with E-state index in [4.69, 9.17) is 5.11 Å². The van der Waals surface area contributed by atoms with Gasteiger partial charge in [0, 0.05) is 23.1 Å². The summed E-state index contributed by atoms with van der Waals surface area (Å²) in [5.41, 5.74) is 3.48. The summed E-state index contributed by atoms with van der Waals surface area (Å²) in [5, 5.41) is 11.9. The molecular formula is C17H21N3O2. The van der Waals surface area contributed by atoms with E-state index >= 15 is 0 Å². The topological polar surface area (TPSA) is 78.0 Å². The Morgan fingerprint density at radius 2 is 2.18 bits per heavy atom. The zero-order chi connectivity index (χ0) is 15.7. The SMILES string of the molecule is CC[C@]1(C)Cc2ccccc2-c2nc(NCCO)[nH]c(=O)c21. The molecule has 0 fully saturated rings. The molecule has 1 aliphatic carbocycles. The number of nitrogens with one attached hydrogen (secondary N) is 2. The second-order valence-electron chi connectivity index (χ2n) is 6.04. The van der Waals surface area contributed by atoms with E-state index in [1.165, 1.54) is 5.56 Å². The Hall–Kier alpha value is -2.14. The normalized spacial score (nSPS) is 19.4. The Labute approximate surface area is 129 Å². The Balaban J connectivity index is 2.23. The highest BCUT2D eigenvalue weighted by atomic mass is 16.3. The van der Waals surface area contributed by atoms with Crippen molar-refractivity contribution in [2.24, 2.45) is 0 Å². The second kappa shape index (κ2) is 5.57. The van der Waals surface area contributed by atoms with E-state index in [-0.39, 0.29) is 17.6 Å². The molecule has 0 bridgehead atoms. The molecule has 2 aromatic rings. The molecule has 5 nitrogen and oxygen atoms in total. The fraction of sp³-hybridized carbons (Fsp3) is 0.412. The molecule has 0 saturated heterocycles. The first-order chi connectivity index (χ1) is 10.6. The average Bonchev–Trinajstić information content (AvgIpc) is 2.52. The van der Waals surface area contributed by atoms with E-state index in [9.17, 15) is 4.79 Å². The number of aromatic nitrogens is 2. The van der Waals surface area contributed by atoms with Crippen molar-refractivity contribution >= 4 is 5.95 Å². The minimum Gasteiger partial charge on any atom is -0.395 e. The highest BCUT2D eigenvalue weighted by Crippen LogP contribution is 2.42. The van der Waals surface area contributed by atoms with Crippen LogP contribution in [0.5, 0.6) is 0 Å². The van der Waals surface area contributed by atoms with Gasteiger partial charge in [-0.25, -0.2) is 4.98 Å². The van der Waals surface area contributed by atoms with Crippen molar-refractivity contribution < 1.29 is 5.11 Å². The molecule has 1 atom stereocenters. The largest absolute Gasteiger partial charge is 0.395 e. The first-order valence-electron chi connectivity index (χ1n) is 7.67. The summed E-state index contributed by atoms with van der Waals surface area (Å²) in [5.74, 6) is 0.410. The van der Waals surface area contributed by atoms with Gasteiger partial charge in [-0.05, 0) is 18.4 Å². The predicted molar refractivity (Wildman–Crippen MR) is 87.2 cm³/mol. The molecule has 0 amide bonds. The minimum absolute atomic E-state index is 0.00986. The monoisotopic (exact) mass is 299 g/mol. The van der Waals surface area contributed by atoms with Crippen LogP contribution >= 0.6 is 0 Å². The van der Waals surface area contributed by atoms with Crippen LogP contribution in [0, 0.1) is 0 Å². The molecule has 1 aromatic heterocycles. The third-order valence-electron chi connectivity index (χ3n) is 4.56. The minimum atomic E-state index is -0.209. The van der Waals surface area contributed by atoms with Gasteiger partial charge in [-0.15, -0.1) is 0 Å². The summed E-state index contributed by atoms with van der Waals surface area (Å²) in [6, 6.07) is 8.13. The standard InChI is InChI=1S/C17H21N3O2/c1-3-17(2)10-11-6-4-5-7-12(11)14-13(17)15(22)20-16(19-14)18-8-9-21/h4-7,21H,3,8-10H2,1-2H3,(H2,18,19,20,22)/t17-/m1/s1. The molecule has 1 aliphatic rings. The van der Waals surface area contributed by atoms with Gasteiger partial charge in [0.1, 0.15) is 0 Å². The number of hydrogen-bond donors (Lipinski definition) is 3. The van der Waals surface area contributed by atoms with E-state index in [0.717, 1.165) is 29.7 Å². The number of anilines is 1. The number of aliphatic hydroxyl groups excluding tert-OH is 1. The van der Waals surface area contributed by atoms with Crippen LogP contribution in [-0.4, -0.2) is 28.2 Å². The number of nitrogens with zero attached hydrogens (tertiary/aromatic N) is 1. The zero-order valence-electron chi connectivity index (χ0n) is 12.9. The number of aromatic amines is 1. The third-order valence-corrected chi connectivity index (χ3v) is 4.56.